The van der Waals surface area contributed by atoms with Gasteiger partial charge in [-0.1, -0.05) is 18.2 Å². The molecular formula is C20H26N4O2. The summed E-state index contributed by atoms with van der Waals surface area (Å²) < 4.78 is 5.66. The van der Waals surface area contributed by atoms with Crippen molar-refractivity contribution in [3.05, 3.63) is 54.1 Å². The van der Waals surface area contributed by atoms with E-state index in [1.165, 1.54) is 0 Å². The minimum atomic E-state index is -0.0265. The van der Waals surface area contributed by atoms with Gasteiger partial charge in [-0.3, -0.25) is 4.79 Å². The molecular weight excluding hydrogens is 328 g/mol. The molecule has 1 aromatic heterocycles. The van der Waals surface area contributed by atoms with Crippen molar-refractivity contribution >= 4 is 5.91 Å². The number of hydrogen-bond acceptors (Lipinski definition) is 5. The summed E-state index contributed by atoms with van der Waals surface area (Å²) in [6.45, 7) is 1.91. The van der Waals surface area contributed by atoms with E-state index in [4.69, 9.17) is 4.74 Å². The van der Waals surface area contributed by atoms with Crippen molar-refractivity contribution in [3.63, 3.8) is 0 Å². The predicted molar refractivity (Wildman–Crippen MR) is 99.7 cm³/mol. The van der Waals surface area contributed by atoms with Gasteiger partial charge in [0.1, 0.15) is 5.75 Å². The molecule has 1 aliphatic rings. The van der Waals surface area contributed by atoms with Crippen LogP contribution in [0.25, 0.3) is 0 Å². The van der Waals surface area contributed by atoms with Gasteiger partial charge >= 0.3 is 0 Å². The van der Waals surface area contributed by atoms with E-state index < -0.39 is 0 Å². The summed E-state index contributed by atoms with van der Waals surface area (Å²) in [7, 11) is 4.03. The van der Waals surface area contributed by atoms with Crippen LogP contribution in [0.5, 0.6) is 5.75 Å². The molecule has 26 heavy (non-hydrogen) atoms. The highest BCUT2D eigenvalue weighted by molar-refractivity contribution is 5.77. The molecule has 0 aliphatic carbocycles. The third-order valence-electron chi connectivity index (χ3n) is 4.41. The smallest absolute Gasteiger partial charge is 0.226 e. The zero-order chi connectivity index (χ0) is 18.4. The highest BCUT2D eigenvalue weighted by Gasteiger charge is 2.31. The fourth-order valence-electron chi connectivity index (χ4n) is 3.24. The Morgan fingerprint density at radius 2 is 2.08 bits per heavy atom. The average molecular weight is 354 g/mol. The van der Waals surface area contributed by atoms with Gasteiger partial charge in [0.2, 0.25) is 5.91 Å². The molecule has 0 spiro atoms. The quantitative estimate of drug-likeness (QED) is 0.765. The van der Waals surface area contributed by atoms with Crippen LogP contribution in [0, 0.1) is 0 Å². The monoisotopic (exact) mass is 354 g/mol. The number of para-hydroxylation sites is 1. The molecule has 1 aliphatic heterocycles. The average Bonchev–Trinajstić information content (AvgIpc) is 3.12. The zero-order valence-electron chi connectivity index (χ0n) is 15.5. The van der Waals surface area contributed by atoms with Gasteiger partial charge in [0.25, 0.3) is 0 Å². The molecule has 6 nitrogen and oxygen atoms in total. The van der Waals surface area contributed by atoms with E-state index in [0.717, 1.165) is 43.2 Å². The fraction of sp³-hybridized carbons (Fsp3) is 0.450. The van der Waals surface area contributed by atoms with Crippen LogP contribution in [-0.4, -0.2) is 52.9 Å². The van der Waals surface area contributed by atoms with Crippen molar-refractivity contribution in [2.75, 3.05) is 27.2 Å². The van der Waals surface area contributed by atoms with Gasteiger partial charge < -0.3 is 14.5 Å². The number of aromatic nitrogens is 2. The van der Waals surface area contributed by atoms with E-state index in [1.807, 2.05) is 55.4 Å². The lowest BCUT2D eigenvalue weighted by Gasteiger charge is -2.24. The Morgan fingerprint density at radius 3 is 2.85 bits per heavy atom. The second kappa shape index (κ2) is 8.76. The van der Waals surface area contributed by atoms with Gasteiger partial charge in [-0.2, -0.15) is 0 Å². The van der Waals surface area contributed by atoms with Gasteiger partial charge in [0.05, 0.1) is 24.8 Å². The number of hydrogen-bond donors (Lipinski definition) is 0. The van der Waals surface area contributed by atoms with Crippen LogP contribution in [0.1, 0.15) is 36.8 Å². The Hall–Kier alpha value is -2.47. The first-order chi connectivity index (χ1) is 12.6. The van der Waals surface area contributed by atoms with E-state index in [-0.39, 0.29) is 11.9 Å². The molecule has 0 N–H and O–H groups in total. The molecule has 138 valence electrons. The summed E-state index contributed by atoms with van der Waals surface area (Å²) in [5, 5.41) is 0. The normalized spacial score (nSPS) is 16.9. The Bertz CT molecular complexity index is 721. The van der Waals surface area contributed by atoms with Gasteiger partial charge in [0, 0.05) is 19.3 Å². The third-order valence-corrected chi connectivity index (χ3v) is 4.41. The van der Waals surface area contributed by atoms with Gasteiger partial charge in [-0.25, -0.2) is 9.97 Å². The van der Waals surface area contributed by atoms with Gasteiger partial charge in [0.15, 0.2) is 5.82 Å². The number of carbonyl (C=O) groups is 1. The van der Waals surface area contributed by atoms with Crippen molar-refractivity contribution in [2.45, 2.75) is 31.8 Å². The molecule has 0 bridgehead atoms. The lowest BCUT2D eigenvalue weighted by molar-refractivity contribution is -0.132. The number of likely N-dealkylation sites (tertiary alicyclic amines) is 1. The Balaban J connectivity index is 1.59. The van der Waals surface area contributed by atoms with E-state index in [1.54, 1.807) is 6.20 Å². The SMILES string of the molecule is CN(C)Cc1ccnc([C@H]2CCCN2C(=O)CCOc2ccccc2)n1. The molecule has 1 amide bonds. The minimum Gasteiger partial charge on any atom is -0.493 e. The van der Waals surface area contributed by atoms with Crippen LogP contribution in [-0.2, 0) is 11.3 Å². The molecule has 0 unspecified atom stereocenters. The van der Waals surface area contributed by atoms with Crippen molar-refractivity contribution in [2.24, 2.45) is 0 Å². The van der Waals surface area contributed by atoms with Crippen LogP contribution in [0.3, 0.4) is 0 Å². The van der Waals surface area contributed by atoms with E-state index in [9.17, 15) is 4.79 Å². The van der Waals surface area contributed by atoms with Crippen LogP contribution >= 0.6 is 0 Å². The number of nitrogens with zero attached hydrogens (tertiary/aromatic N) is 4. The first-order valence-corrected chi connectivity index (χ1v) is 9.07. The molecule has 2 aromatic rings. The fourth-order valence-corrected chi connectivity index (χ4v) is 3.24. The lowest BCUT2D eigenvalue weighted by Crippen LogP contribution is -2.32. The highest BCUT2D eigenvalue weighted by Crippen LogP contribution is 2.30. The molecule has 0 saturated carbocycles. The molecule has 1 saturated heterocycles. The maximum Gasteiger partial charge on any atom is 0.226 e. The van der Waals surface area contributed by atoms with Gasteiger partial charge in [-0.15, -0.1) is 0 Å². The number of amides is 1. The second-order valence-corrected chi connectivity index (χ2v) is 6.80. The molecule has 0 radical (unpaired) electrons. The first kappa shape index (κ1) is 18.3. The molecule has 1 fully saturated rings. The standard InChI is InChI=1S/C20H26N4O2/c1-23(2)15-16-10-12-21-20(22-16)18-9-6-13-24(18)19(25)11-14-26-17-7-4-3-5-8-17/h3-5,7-8,10,12,18H,6,9,11,13-15H2,1-2H3/t18-/m1/s1. The molecule has 2 heterocycles. The van der Waals surface area contributed by atoms with Crippen LogP contribution in [0.2, 0.25) is 0 Å². The summed E-state index contributed by atoms with van der Waals surface area (Å²) in [4.78, 5) is 25.8. The zero-order valence-corrected chi connectivity index (χ0v) is 15.5. The largest absolute Gasteiger partial charge is 0.493 e. The van der Waals surface area contributed by atoms with Crippen molar-refractivity contribution in [3.8, 4) is 5.75 Å². The van der Waals surface area contributed by atoms with E-state index in [0.29, 0.717) is 13.0 Å². The van der Waals surface area contributed by atoms with Crippen LogP contribution < -0.4 is 4.74 Å². The summed E-state index contributed by atoms with van der Waals surface area (Å²) >= 11 is 0. The van der Waals surface area contributed by atoms with Crippen molar-refractivity contribution in [1.82, 2.24) is 19.8 Å². The number of ether oxygens (including phenoxy) is 1. The second-order valence-electron chi connectivity index (χ2n) is 6.80. The van der Waals surface area contributed by atoms with E-state index >= 15 is 0 Å². The highest BCUT2D eigenvalue weighted by atomic mass is 16.5. The minimum absolute atomic E-state index is 0.0265. The van der Waals surface area contributed by atoms with Crippen molar-refractivity contribution < 1.29 is 9.53 Å². The number of benzene rings is 1. The molecule has 6 heteroatoms. The van der Waals surface area contributed by atoms with E-state index in [2.05, 4.69) is 14.9 Å². The summed E-state index contributed by atoms with van der Waals surface area (Å²) in [6, 6.07) is 11.5. The first-order valence-electron chi connectivity index (χ1n) is 9.07. The maximum atomic E-state index is 12.7. The summed E-state index contributed by atoms with van der Waals surface area (Å²) in [6.07, 6.45) is 4.05. The predicted octanol–water partition coefficient (Wildman–Crippen LogP) is 2.67. The van der Waals surface area contributed by atoms with Crippen LogP contribution in [0.15, 0.2) is 42.6 Å². The molecule has 1 aromatic carbocycles. The topological polar surface area (TPSA) is 58.6 Å². The number of rotatable bonds is 7. The summed E-state index contributed by atoms with van der Waals surface area (Å²) in [5.74, 6) is 1.64. The molecule has 3 rings (SSSR count). The maximum absolute atomic E-state index is 12.7. The summed E-state index contributed by atoms with van der Waals surface area (Å²) in [5.41, 5.74) is 0.978. The number of carbonyl (C=O) groups excluding carboxylic acids is 1. The Kier molecular flexibility index (Phi) is 6.17. The van der Waals surface area contributed by atoms with Crippen LogP contribution in [0.4, 0.5) is 0 Å². The molecule has 1 atom stereocenters. The lowest BCUT2D eigenvalue weighted by atomic mass is 10.2. The third kappa shape index (κ3) is 4.79. The Morgan fingerprint density at radius 1 is 1.27 bits per heavy atom. The van der Waals surface area contributed by atoms with Gasteiger partial charge in [-0.05, 0) is 45.1 Å². The Labute approximate surface area is 154 Å². The van der Waals surface area contributed by atoms with Crippen molar-refractivity contribution in [1.29, 1.82) is 0 Å².